The van der Waals surface area contributed by atoms with Crippen LogP contribution in [0.15, 0.2) is 48.5 Å². The van der Waals surface area contributed by atoms with Crippen molar-refractivity contribution >= 4 is 18.1 Å². The van der Waals surface area contributed by atoms with Crippen LogP contribution in [-0.4, -0.2) is 44.4 Å². The number of urea groups is 1. The van der Waals surface area contributed by atoms with Crippen molar-refractivity contribution < 1.29 is 23.9 Å². The summed E-state index contributed by atoms with van der Waals surface area (Å²) in [7, 11) is 1.25. The lowest BCUT2D eigenvalue weighted by Gasteiger charge is -2.18. The molecule has 8 nitrogen and oxygen atoms in total. The Kier molecular flexibility index (Phi) is 6.90. The minimum Gasteiger partial charge on any atom is -0.467 e. The largest absolute Gasteiger partial charge is 0.467 e. The van der Waals surface area contributed by atoms with E-state index in [1.54, 1.807) is 0 Å². The van der Waals surface area contributed by atoms with Crippen LogP contribution in [0.25, 0.3) is 11.1 Å². The standard InChI is InChI=1S/C22H25N3O5/c1-29-20(26)19(11-6-12-24-21(23)27)25-22(28)30-13-18-16-9-4-2-7-14(16)15-8-3-5-10-17(15)18/h2-5,7-10,18-19H,6,11-13H2,1H3,(H,25,28)(H3,23,24,27). The molecule has 0 radical (unpaired) electrons. The highest BCUT2D eigenvalue weighted by Gasteiger charge is 2.29. The molecule has 0 aliphatic heterocycles. The van der Waals surface area contributed by atoms with Gasteiger partial charge in [0, 0.05) is 12.5 Å². The second kappa shape index (κ2) is 9.78. The molecule has 0 fully saturated rings. The van der Waals surface area contributed by atoms with Crippen molar-refractivity contribution in [3.05, 3.63) is 59.7 Å². The predicted octanol–water partition coefficient (Wildman–Crippen LogP) is 2.52. The third-order valence-electron chi connectivity index (χ3n) is 5.09. The smallest absolute Gasteiger partial charge is 0.407 e. The molecule has 0 saturated carbocycles. The molecule has 8 heteroatoms. The lowest BCUT2D eigenvalue weighted by Crippen LogP contribution is -2.42. The summed E-state index contributed by atoms with van der Waals surface area (Å²) in [5.74, 6) is -0.651. The van der Waals surface area contributed by atoms with Crippen LogP contribution in [0.1, 0.15) is 29.9 Å². The maximum absolute atomic E-state index is 12.4. The van der Waals surface area contributed by atoms with Crippen LogP contribution in [0.5, 0.6) is 0 Å². The number of hydrogen-bond donors (Lipinski definition) is 3. The summed E-state index contributed by atoms with van der Waals surface area (Å²) in [6, 6.07) is 14.6. The molecule has 4 N–H and O–H groups in total. The van der Waals surface area contributed by atoms with E-state index >= 15 is 0 Å². The van der Waals surface area contributed by atoms with E-state index < -0.39 is 24.1 Å². The topological polar surface area (TPSA) is 120 Å². The molecule has 1 aliphatic carbocycles. The Hall–Kier alpha value is -3.55. The maximum Gasteiger partial charge on any atom is 0.407 e. The van der Waals surface area contributed by atoms with Gasteiger partial charge in [0.05, 0.1) is 7.11 Å². The summed E-state index contributed by atoms with van der Waals surface area (Å²) in [6.07, 6.45) is 0.0129. The summed E-state index contributed by atoms with van der Waals surface area (Å²) in [5, 5.41) is 4.98. The van der Waals surface area contributed by atoms with Gasteiger partial charge in [-0.05, 0) is 35.1 Å². The van der Waals surface area contributed by atoms with E-state index in [2.05, 4.69) is 22.8 Å². The van der Waals surface area contributed by atoms with Crippen LogP contribution < -0.4 is 16.4 Å². The number of nitrogens with one attached hydrogen (secondary N) is 2. The monoisotopic (exact) mass is 411 g/mol. The first-order valence-corrected chi connectivity index (χ1v) is 9.74. The van der Waals surface area contributed by atoms with E-state index in [1.165, 1.54) is 7.11 Å². The summed E-state index contributed by atoms with van der Waals surface area (Å²) in [5.41, 5.74) is 9.49. The number of ether oxygens (including phenoxy) is 2. The van der Waals surface area contributed by atoms with Gasteiger partial charge < -0.3 is 25.8 Å². The number of primary amides is 1. The second-order valence-corrected chi connectivity index (χ2v) is 6.98. The number of amides is 3. The van der Waals surface area contributed by atoms with Crippen molar-refractivity contribution in [2.24, 2.45) is 5.73 Å². The molecule has 0 aromatic heterocycles. The Morgan fingerprint density at radius 1 is 1.03 bits per heavy atom. The van der Waals surface area contributed by atoms with Gasteiger partial charge >= 0.3 is 18.1 Å². The average molecular weight is 411 g/mol. The lowest BCUT2D eigenvalue weighted by atomic mass is 9.98. The van der Waals surface area contributed by atoms with Crippen molar-refractivity contribution in [2.45, 2.75) is 24.8 Å². The Labute approximate surface area is 174 Å². The minimum absolute atomic E-state index is 0.0699. The third kappa shape index (κ3) is 4.89. The molecule has 2 aromatic rings. The van der Waals surface area contributed by atoms with Crippen LogP contribution in [0.4, 0.5) is 9.59 Å². The van der Waals surface area contributed by atoms with E-state index in [-0.39, 0.29) is 25.5 Å². The van der Waals surface area contributed by atoms with Crippen LogP contribution in [-0.2, 0) is 14.3 Å². The van der Waals surface area contributed by atoms with Gasteiger partial charge in [-0.1, -0.05) is 48.5 Å². The highest BCUT2D eigenvalue weighted by atomic mass is 16.6. The third-order valence-corrected chi connectivity index (χ3v) is 5.09. The van der Waals surface area contributed by atoms with Crippen molar-refractivity contribution in [3.8, 4) is 11.1 Å². The number of alkyl carbamates (subject to hydrolysis) is 1. The summed E-state index contributed by atoms with van der Waals surface area (Å²) >= 11 is 0. The molecule has 158 valence electrons. The van der Waals surface area contributed by atoms with E-state index in [9.17, 15) is 14.4 Å². The fraction of sp³-hybridized carbons (Fsp3) is 0.318. The van der Waals surface area contributed by atoms with Crippen molar-refractivity contribution in [3.63, 3.8) is 0 Å². The van der Waals surface area contributed by atoms with E-state index in [0.29, 0.717) is 6.42 Å². The van der Waals surface area contributed by atoms with Crippen LogP contribution in [0.2, 0.25) is 0 Å². The fourth-order valence-electron chi connectivity index (χ4n) is 3.69. The molecule has 3 rings (SSSR count). The summed E-state index contributed by atoms with van der Waals surface area (Å²) in [6.45, 7) is 0.437. The van der Waals surface area contributed by atoms with Crippen LogP contribution in [0.3, 0.4) is 0 Å². The Balaban J connectivity index is 1.60. The van der Waals surface area contributed by atoms with Crippen molar-refractivity contribution in [1.29, 1.82) is 0 Å². The van der Waals surface area contributed by atoms with Gasteiger partial charge in [0.15, 0.2) is 0 Å². The number of nitrogens with two attached hydrogens (primary N) is 1. The molecule has 0 saturated heterocycles. The predicted molar refractivity (Wildman–Crippen MR) is 111 cm³/mol. The van der Waals surface area contributed by atoms with Gasteiger partial charge in [-0.15, -0.1) is 0 Å². The number of carbonyl (C=O) groups is 3. The molecule has 30 heavy (non-hydrogen) atoms. The first kappa shape index (κ1) is 21.2. The van der Waals surface area contributed by atoms with Crippen molar-refractivity contribution in [2.75, 3.05) is 20.3 Å². The molecule has 1 unspecified atom stereocenters. The molecule has 0 spiro atoms. The number of hydrogen-bond acceptors (Lipinski definition) is 5. The van der Waals surface area contributed by atoms with Crippen LogP contribution >= 0.6 is 0 Å². The van der Waals surface area contributed by atoms with Gasteiger partial charge in [-0.2, -0.15) is 0 Å². The van der Waals surface area contributed by atoms with Gasteiger partial charge in [-0.25, -0.2) is 14.4 Å². The van der Waals surface area contributed by atoms with Crippen molar-refractivity contribution in [1.82, 2.24) is 10.6 Å². The Morgan fingerprint density at radius 2 is 1.63 bits per heavy atom. The fourth-order valence-corrected chi connectivity index (χ4v) is 3.69. The Bertz CT molecular complexity index is 885. The first-order valence-electron chi connectivity index (χ1n) is 9.74. The number of fused-ring (bicyclic) bond motifs is 3. The molecule has 1 atom stereocenters. The van der Waals surface area contributed by atoms with Gasteiger partial charge in [0.25, 0.3) is 0 Å². The maximum atomic E-state index is 12.4. The van der Waals surface area contributed by atoms with E-state index in [0.717, 1.165) is 22.3 Å². The molecule has 2 aromatic carbocycles. The van der Waals surface area contributed by atoms with E-state index in [4.69, 9.17) is 15.2 Å². The first-order chi connectivity index (χ1) is 14.5. The zero-order valence-electron chi connectivity index (χ0n) is 16.7. The number of methoxy groups -OCH3 is 1. The molecule has 0 heterocycles. The molecular formula is C22H25N3O5. The molecular weight excluding hydrogens is 386 g/mol. The Morgan fingerprint density at radius 3 is 2.20 bits per heavy atom. The van der Waals surface area contributed by atoms with E-state index in [1.807, 2.05) is 36.4 Å². The van der Waals surface area contributed by atoms with Gasteiger partial charge in [-0.3, -0.25) is 0 Å². The zero-order valence-corrected chi connectivity index (χ0v) is 16.7. The zero-order chi connectivity index (χ0) is 21.5. The number of esters is 1. The van der Waals surface area contributed by atoms with Crippen LogP contribution in [0, 0.1) is 0 Å². The second-order valence-electron chi connectivity index (χ2n) is 6.98. The number of carbonyl (C=O) groups excluding carboxylic acids is 3. The minimum atomic E-state index is -0.875. The number of rotatable bonds is 8. The molecule has 3 amide bonds. The normalized spacial score (nSPS) is 13.0. The molecule has 1 aliphatic rings. The average Bonchev–Trinajstić information content (AvgIpc) is 3.07. The van der Waals surface area contributed by atoms with Gasteiger partial charge in [0.2, 0.25) is 0 Å². The highest BCUT2D eigenvalue weighted by molar-refractivity contribution is 5.82. The van der Waals surface area contributed by atoms with Gasteiger partial charge in [0.1, 0.15) is 12.6 Å². The quantitative estimate of drug-likeness (QED) is 0.455. The molecule has 0 bridgehead atoms. The number of benzene rings is 2. The highest BCUT2D eigenvalue weighted by Crippen LogP contribution is 2.44. The summed E-state index contributed by atoms with van der Waals surface area (Å²) < 4.78 is 10.2. The SMILES string of the molecule is COC(=O)C(CCCNC(N)=O)NC(=O)OCC1c2ccccc2-c2ccccc21. The lowest BCUT2D eigenvalue weighted by molar-refractivity contribution is -0.143. The summed E-state index contributed by atoms with van der Waals surface area (Å²) in [4.78, 5) is 35.1.